The molecule has 0 unspecified atom stereocenters. The largest absolute Gasteiger partial charge is 0.496 e. The molecule has 0 heterocycles. The number of hydrogen-bond acceptors (Lipinski definition) is 4. The number of ether oxygens (including phenoxy) is 1. The molecular formula is C18H20ClNO5. The first kappa shape index (κ1) is 20.5. The van der Waals surface area contributed by atoms with Crippen LogP contribution < -0.4 is 10.1 Å². The fraction of sp³-hybridized carbons (Fsp3) is 0.222. The summed E-state index contributed by atoms with van der Waals surface area (Å²) in [6.07, 6.45) is 0.939. The van der Waals surface area contributed by atoms with Crippen molar-refractivity contribution in [1.29, 1.82) is 0 Å². The zero-order valence-corrected chi connectivity index (χ0v) is 14.5. The quantitative estimate of drug-likeness (QED) is 0.538. The van der Waals surface area contributed by atoms with Crippen LogP contribution >= 0.6 is 11.6 Å². The molecule has 2 aromatic rings. The van der Waals surface area contributed by atoms with Crippen LogP contribution in [0.3, 0.4) is 0 Å². The SMILES string of the molecule is COc1ccccc1CCNCc1ccccc1Cl.O=C(O)C(=O)O. The average Bonchev–Trinajstić information content (AvgIpc) is 2.61. The summed E-state index contributed by atoms with van der Waals surface area (Å²) >= 11 is 6.11. The Kier molecular flexibility index (Phi) is 9.06. The summed E-state index contributed by atoms with van der Waals surface area (Å²) in [6.45, 7) is 1.68. The van der Waals surface area contributed by atoms with E-state index in [1.807, 2.05) is 42.5 Å². The third-order valence-electron chi connectivity index (χ3n) is 3.22. The molecule has 2 rings (SSSR count). The Labute approximate surface area is 151 Å². The van der Waals surface area contributed by atoms with Crippen molar-refractivity contribution in [2.75, 3.05) is 13.7 Å². The lowest BCUT2D eigenvalue weighted by Gasteiger charge is -2.09. The van der Waals surface area contributed by atoms with Gasteiger partial charge in [-0.05, 0) is 36.2 Å². The van der Waals surface area contributed by atoms with Crippen molar-refractivity contribution in [2.45, 2.75) is 13.0 Å². The molecule has 0 fully saturated rings. The van der Waals surface area contributed by atoms with E-state index in [9.17, 15) is 0 Å². The molecule has 2 aromatic carbocycles. The first-order valence-electron chi connectivity index (χ1n) is 7.48. The van der Waals surface area contributed by atoms with Crippen LogP contribution in [-0.2, 0) is 22.6 Å². The maximum atomic E-state index is 9.10. The predicted molar refractivity (Wildman–Crippen MR) is 95.1 cm³/mol. The topological polar surface area (TPSA) is 95.9 Å². The minimum atomic E-state index is -1.82. The van der Waals surface area contributed by atoms with Gasteiger partial charge in [-0.2, -0.15) is 0 Å². The molecule has 6 nitrogen and oxygen atoms in total. The van der Waals surface area contributed by atoms with Gasteiger partial charge in [-0.3, -0.25) is 0 Å². The number of rotatable bonds is 6. The number of hydrogen-bond donors (Lipinski definition) is 3. The van der Waals surface area contributed by atoms with Crippen molar-refractivity contribution in [2.24, 2.45) is 0 Å². The Hall–Kier alpha value is -2.57. The van der Waals surface area contributed by atoms with E-state index < -0.39 is 11.9 Å². The summed E-state index contributed by atoms with van der Waals surface area (Å²) in [6, 6.07) is 16.0. The van der Waals surface area contributed by atoms with Crippen molar-refractivity contribution in [1.82, 2.24) is 5.32 Å². The van der Waals surface area contributed by atoms with E-state index >= 15 is 0 Å². The van der Waals surface area contributed by atoms with Gasteiger partial charge in [0, 0.05) is 11.6 Å². The smallest absolute Gasteiger partial charge is 0.414 e. The molecule has 0 bridgehead atoms. The lowest BCUT2D eigenvalue weighted by molar-refractivity contribution is -0.159. The number of halogens is 1. The Morgan fingerprint density at radius 2 is 1.56 bits per heavy atom. The molecule has 3 N–H and O–H groups in total. The fourth-order valence-corrected chi connectivity index (χ4v) is 2.20. The van der Waals surface area contributed by atoms with Crippen molar-refractivity contribution in [3.63, 3.8) is 0 Å². The minimum absolute atomic E-state index is 0.787. The van der Waals surface area contributed by atoms with Crippen molar-refractivity contribution >= 4 is 23.5 Å². The van der Waals surface area contributed by atoms with Crippen molar-refractivity contribution in [3.8, 4) is 5.75 Å². The summed E-state index contributed by atoms with van der Waals surface area (Å²) in [4.78, 5) is 18.2. The second-order valence-corrected chi connectivity index (χ2v) is 5.35. The Morgan fingerprint density at radius 3 is 2.12 bits per heavy atom. The Morgan fingerprint density at radius 1 is 1.00 bits per heavy atom. The molecule has 0 radical (unpaired) electrons. The van der Waals surface area contributed by atoms with Crippen LogP contribution in [0.5, 0.6) is 5.75 Å². The van der Waals surface area contributed by atoms with Gasteiger partial charge < -0.3 is 20.3 Å². The lowest BCUT2D eigenvalue weighted by Crippen LogP contribution is -2.17. The van der Waals surface area contributed by atoms with E-state index in [2.05, 4.69) is 11.4 Å². The first-order chi connectivity index (χ1) is 12.0. The van der Waals surface area contributed by atoms with E-state index in [0.29, 0.717) is 0 Å². The van der Waals surface area contributed by atoms with Crippen LogP contribution in [0.2, 0.25) is 5.02 Å². The van der Waals surface area contributed by atoms with E-state index in [1.54, 1.807) is 7.11 Å². The van der Waals surface area contributed by atoms with Crippen LogP contribution in [-0.4, -0.2) is 35.8 Å². The molecule has 0 aliphatic carbocycles. The highest BCUT2D eigenvalue weighted by Crippen LogP contribution is 2.17. The van der Waals surface area contributed by atoms with Crippen LogP contribution in [0.1, 0.15) is 11.1 Å². The molecule has 134 valence electrons. The van der Waals surface area contributed by atoms with E-state index in [1.165, 1.54) is 5.56 Å². The molecular weight excluding hydrogens is 346 g/mol. The summed E-state index contributed by atoms with van der Waals surface area (Å²) in [7, 11) is 1.70. The predicted octanol–water partition coefficient (Wildman–Crippen LogP) is 2.84. The third kappa shape index (κ3) is 7.69. The summed E-state index contributed by atoms with van der Waals surface area (Å²) in [5, 5.41) is 19.0. The van der Waals surface area contributed by atoms with E-state index in [4.69, 9.17) is 36.1 Å². The number of carbonyl (C=O) groups is 2. The number of nitrogens with one attached hydrogen (secondary N) is 1. The minimum Gasteiger partial charge on any atom is -0.496 e. The highest BCUT2D eigenvalue weighted by atomic mass is 35.5. The fourth-order valence-electron chi connectivity index (χ4n) is 2.00. The highest BCUT2D eigenvalue weighted by molar-refractivity contribution is 6.31. The van der Waals surface area contributed by atoms with Crippen molar-refractivity contribution in [3.05, 3.63) is 64.7 Å². The normalized spacial score (nSPS) is 9.68. The van der Waals surface area contributed by atoms with Gasteiger partial charge in [-0.1, -0.05) is 48.0 Å². The van der Waals surface area contributed by atoms with Crippen LogP contribution in [0.15, 0.2) is 48.5 Å². The summed E-state index contributed by atoms with van der Waals surface area (Å²) in [5.41, 5.74) is 2.35. The van der Waals surface area contributed by atoms with Gasteiger partial charge in [0.05, 0.1) is 7.11 Å². The molecule has 0 spiro atoms. The third-order valence-corrected chi connectivity index (χ3v) is 3.59. The van der Waals surface area contributed by atoms with Gasteiger partial charge in [0.1, 0.15) is 5.75 Å². The van der Waals surface area contributed by atoms with Gasteiger partial charge in [0.15, 0.2) is 0 Å². The number of methoxy groups -OCH3 is 1. The van der Waals surface area contributed by atoms with Crippen LogP contribution in [0.4, 0.5) is 0 Å². The Bertz CT molecular complexity index is 693. The highest BCUT2D eigenvalue weighted by Gasteiger charge is 2.04. The monoisotopic (exact) mass is 365 g/mol. The summed E-state index contributed by atoms with van der Waals surface area (Å²) < 4.78 is 5.33. The zero-order valence-electron chi connectivity index (χ0n) is 13.7. The maximum Gasteiger partial charge on any atom is 0.414 e. The number of carboxylic acids is 2. The van der Waals surface area contributed by atoms with Gasteiger partial charge in [-0.25, -0.2) is 9.59 Å². The number of carboxylic acid groups (broad SMARTS) is 2. The number of aliphatic carboxylic acids is 2. The van der Waals surface area contributed by atoms with Gasteiger partial charge in [0.25, 0.3) is 0 Å². The van der Waals surface area contributed by atoms with E-state index in [-0.39, 0.29) is 0 Å². The molecule has 0 aliphatic heterocycles. The van der Waals surface area contributed by atoms with Crippen molar-refractivity contribution < 1.29 is 24.5 Å². The average molecular weight is 366 g/mol. The molecule has 0 saturated heterocycles. The standard InChI is InChI=1S/C16H18ClNO.C2H2O4/c1-19-16-9-5-3-6-13(16)10-11-18-12-14-7-2-4-8-15(14)17;3-1(4)2(5)6/h2-9,18H,10-12H2,1H3;(H,3,4)(H,5,6). The number of benzene rings is 2. The van der Waals surface area contributed by atoms with Gasteiger partial charge >= 0.3 is 11.9 Å². The van der Waals surface area contributed by atoms with E-state index in [0.717, 1.165) is 35.8 Å². The zero-order chi connectivity index (χ0) is 18.7. The molecule has 25 heavy (non-hydrogen) atoms. The van der Waals surface area contributed by atoms with Crippen LogP contribution in [0.25, 0.3) is 0 Å². The van der Waals surface area contributed by atoms with Gasteiger partial charge in [-0.15, -0.1) is 0 Å². The number of para-hydroxylation sites is 1. The molecule has 0 atom stereocenters. The molecule has 7 heteroatoms. The second kappa shape index (κ2) is 11.1. The maximum absolute atomic E-state index is 9.10. The van der Waals surface area contributed by atoms with Gasteiger partial charge in [0.2, 0.25) is 0 Å². The van der Waals surface area contributed by atoms with Crippen LogP contribution in [0, 0.1) is 0 Å². The molecule has 0 aliphatic rings. The Balaban J connectivity index is 0.000000450. The lowest BCUT2D eigenvalue weighted by atomic mass is 10.1. The molecule has 0 aromatic heterocycles. The molecule has 0 saturated carbocycles. The first-order valence-corrected chi connectivity index (χ1v) is 7.85. The molecule has 0 amide bonds. The second-order valence-electron chi connectivity index (χ2n) is 4.94. The summed E-state index contributed by atoms with van der Waals surface area (Å²) in [5.74, 6) is -2.70.